The molecule has 0 amide bonds. The van der Waals surface area contributed by atoms with E-state index in [9.17, 15) is 9.59 Å². The van der Waals surface area contributed by atoms with Crippen LogP contribution in [0.5, 0.6) is 11.5 Å². The fraction of sp³-hybridized carbons (Fsp3) is 0.167. The summed E-state index contributed by atoms with van der Waals surface area (Å²) in [6, 6.07) is 36.9. The number of thiazole rings is 1. The number of hydrogen-bond acceptors (Lipinski definition) is 8. The third-order valence-electron chi connectivity index (χ3n) is 8.63. The number of thioether (sulfide) groups is 1. The predicted molar refractivity (Wildman–Crippen MR) is 205 cm³/mol. The molecular formula is C42H36N2O5S2. The number of aromatic nitrogens is 1. The van der Waals surface area contributed by atoms with Crippen LogP contribution in [0.2, 0.25) is 0 Å². The van der Waals surface area contributed by atoms with Crippen LogP contribution in [0.25, 0.3) is 22.5 Å². The van der Waals surface area contributed by atoms with Gasteiger partial charge < -0.3 is 14.2 Å². The molecule has 1 atom stereocenters. The molecule has 0 bridgehead atoms. The maximum Gasteiger partial charge on any atom is 0.338 e. The van der Waals surface area contributed by atoms with E-state index in [-0.39, 0.29) is 12.2 Å². The lowest BCUT2D eigenvalue weighted by molar-refractivity contribution is -0.138. The van der Waals surface area contributed by atoms with Crippen molar-refractivity contribution >= 4 is 51.6 Å². The monoisotopic (exact) mass is 712 g/mol. The lowest BCUT2D eigenvalue weighted by Crippen LogP contribution is -2.40. The molecule has 256 valence electrons. The molecule has 0 unspecified atom stereocenters. The van der Waals surface area contributed by atoms with Crippen molar-refractivity contribution in [1.29, 1.82) is 0 Å². The van der Waals surface area contributed by atoms with Gasteiger partial charge in [0, 0.05) is 10.5 Å². The van der Waals surface area contributed by atoms with Crippen molar-refractivity contribution in [3.8, 4) is 11.5 Å². The van der Waals surface area contributed by atoms with Crippen LogP contribution in [-0.2, 0) is 16.1 Å². The van der Waals surface area contributed by atoms with Gasteiger partial charge in [-0.15, -0.1) is 11.8 Å². The van der Waals surface area contributed by atoms with Crippen molar-refractivity contribution in [2.45, 2.75) is 31.4 Å². The molecule has 9 heteroatoms. The van der Waals surface area contributed by atoms with Gasteiger partial charge in [-0.3, -0.25) is 9.36 Å². The van der Waals surface area contributed by atoms with Gasteiger partial charge >= 0.3 is 5.97 Å². The van der Waals surface area contributed by atoms with E-state index in [1.54, 1.807) is 23.3 Å². The molecule has 0 fully saturated rings. The van der Waals surface area contributed by atoms with E-state index in [1.807, 2.05) is 110 Å². The van der Waals surface area contributed by atoms with Crippen molar-refractivity contribution < 1.29 is 19.0 Å². The molecule has 1 aromatic heterocycles. The van der Waals surface area contributed by atoms with Gasteiger partial charge in [0.25, 0.3) is 5.56 Å². The van der Waals surface area contributed by atoms with Gasteiger partial charge in [0.15, 0.2) is 16.3 Å². The van der Waals surface area contributed by atoms with Gasteiger partial charge in [-0.05, 0) is 77.9 Å². The first-order chi connectivity index (χ1) is 25.0. The third kappa shape index (κ3) is 7.00. The second-order valence-electron chi connectivity index (χ2n) is 11.8. The fourth-order valence-electron chi connectivity index (χ4n) is 6.27. The van der Waals surface area contributed by atoms with Gasteiger partial charge in [-0.25, -0.2) is 9.79 Å². The first kappa shape index (κ1) is 34.1. The Labute approximate surface area is 304 Å². The van der Waals surface area contributed by atoms with Crippen LogP contribution >= 0.6 is 23.1 Å². The lowest BCUT2D eigenvalue weighted by Gasteiger charge is -2.26. The highest BCUT2D eigenvalue weighted by Gasteiger charge is 2.35. The Balaban J connectivity index is 1.32. The average molecular weight is 713 g/mol. The van der Waals surface area contributed by atoms with E-state index >= 15 is 0 Å². The summed E-state index contributed by atoms with van der Waals surface area (Å²) in [6.45, 7) is 4.72. The molecule has 0 N–H and O–H groups in total. The molecule has 1 aliphatic rings. The van der Waals surface area contributed by atoms with E-state index < -0.39 is 12.0 Å². The molecule has 6 aromatic rings. The quantitative estimate of drug-likeness (QED) is 0.101. The largest absolute Gasteiger partial charge is 0.490 e. The minimum atomic E-state index is -0.739. The normalized spacial score (nSPS) is 14.3. The Morgan fingerprint density at radius 3 is 2.39 bits per heavy atom. The number of nitrogens with zero attached hydrogens (tertiary/aromatic N) is 2. The van der Waals surface area contributed by atoms with Crippen molar-refractivity contribution in [3.63, 3.8) is 0 Å². The number of carbonyl (C=O) groups excluding carboxylic acids is 1. The summed E-state index contributed by atoms with van der Waals surface area (Å²) in [5.74, 6) is 0.694. The minimum absolute atomic E-state index is 0.191. The second kappa shape index (κ2) is 15.2. The Hall–Kier alpha value is -5.38. The lowest BCUT2D eigenvalue weighted by atomic mass is 9.93. The summed E-state index contributed by atoms with van der Waals surface area (Å²) >= 11 is 2.91. The Morgan fingerprint density at radius 1 is 0.863 bits per heavy atom. The summed E-state index contributed by atoms with van der Waals surface area (Å²) in [5.41, 5.74) is 3.98. The third-order valence-corrected chi connectivity index (χ3v) is 10.4. The molecule has 0 saturated carbocycles. The van der Waals surface area contributed by atoms with Gasteiger partial charge in [-0.1, -0.05) is 102 Å². The molecule has 1 aliphatic heterocycles. The zero-order valence-corrected chi connectivity index (χ0v) is 30.1. The van der Waals surface area contributed by atoms with E-state index in [2.05, 4.69) is 24.3 Å². The molecule has 2 heterocycles. The van der Waals surface area contributed by atoms with Crippen LogP contribution in [0.3, 0.4) is 0 Å². The highest BCUT2D eigenvalue weighted by Crippen LogP contribution is 2.36. The number of rotatable bonds is 11. The molecule has 0 aliphatic carbocycles. The first-order valence-corrected chi connectivity index (χ1v) is 18.8. The highest BCUT2D eigenvalue weighted by atomic mass is 32.2. The van der Waals surface area contributed by atoms with Crippen molar-refractivity contribution in [3.05, 3.63) is 163 Å². The van der Waals surface area contributed by atoms with Gasteiger partial charge in [-0.2, -0.15) is 0 Å². The molecule has 7 nitrogen and oxygen atoms in total. The molecule has 7 rings (SSSR count). The molecule has 0 saturated heterocycles. The zero-order chi connectivity index (χ0) is 35.3. The van der Waals surface area contributed by atoms with E-state index in [0.29, 0.717) is 45.3 Å². The molecule has 51 heavy (non-hydrogen) atoms. The number of esters is 1. The standard InChI is InChI=1S/C42H36N2O5S2/c1-4-47-35-24-27(18-23-34(35)49-26-31-16-11-15-28-12-9-10-17-33(28)31)25-36-40(45)44-39(30-19-21-32(50-3)22-20-30)37(41(46)48-5-2)38(43-42(44)51-36)29-13-7-6-8-14-29/h6-25,39H,4-5,26H2,1-3H3/b36-25-/t39-/m1/s1. The summed E-state index contributed by atoms with van der Waals surface area (Å²) in [7, 11) is 0. The summed E-state index contributed by atoms with van der Waals surface area (Å²) in [4.78, 5) is 34.7. The number of carbonyl (C=O) groups is 1. The Morgan fingerprint density at radius 2 is 1.63 bits per heavy atom. The van der Waals surface area contributed by atoms with Crippen LogP contribution in [0.4, 0.5) is 0 Å². The minimum Gasteiger partial charge on any atom is -0.490 e. The predicted octanol–water partition coefficient (Wildman–Crippen LogP) is 7.79. The van der Waals surface area contributed by atoms with Gasteiger partial charge in [0.1, 0.15) is 6.61 Å². The number of benzene rings is 5. The SMILES string of the molecule is CCOC(=O)C1=C(c2ccccc2)N=c2s/c(=C\c3ccc(OCc4cccc5ccccc45)c(OCC)c3)c(=O)n2[C@@H]1c1ccc(SC)cc1. The highest BCUT2D eigenvalue weighted by molar-refractivity contribution is 7.98. The maximum absolute atomic E-state index is 14.4. The van der Waals surface area contributed by atoms with E-state index in [1.165, 1.54) is 11.3 Å². The van der Waals surface area contributed by atoms with Crippen LogP contribution in [0.15, 0.2) is 136 Å². The summed E-state index contributed by atoms with van der Waals surface area (Å²) in [5, 5.41) is 2.30. The molecular weight excluding hydrogens is 677 g/mol. The van der Waals surface area contributed by atoms with Crippen LogP contribution < -0.4 is 24.4 Å². The van der Waals surface area contributed by atoms with Crippen molar-refractivity contribution in [1.82, 2.24) is 4.57 Å². The Bertz CT molecular complexity index is 2430. The van der Waals surface area contributed by atoms with Gasteiger partial charge in [0.05, 0.1) is 35.1 Å². The zero-order valence-electron chi connectivity index (χ0n) is 28.5. The van der Waals surface area contributed by atoms with Crippen molar-refractivity contribution in [2.24, 2.45) is 4.99 Å². The number of hydrogen-bond donors (Lipinski definition) is 0. The average Bonchev–Trinajstić information content (AvgIpc) is 3.48. The van der Waals surface area contributed by atoms with Gasteiger partial charge in [0.2, 0.25) is 0 Å². The van der Waals surface area contributed by atoms with Crippen LogP contribution in [-0.4, -0.2) is 30.0 Å². The van der Waals surface area contributed by atoms with Crippen LogP contribution in [0, 0.1) is 0 Å². The van der Waals surface area contributed by atoms with Crippen molar-refractivity contribution in [2.75, 3.05) is 19.5 Å². The van der Waals surface area contributed by atoms with E-state index in [0.717, 1.165) is 37.9 Å². The smallest absolute Gasteiger partial charge is 0.338 e. The molecule has 0 spiro atoms. The maximum atomic E-state index is 14.4. The number of ether oxygens (including phenoxy) is 3. The fourth-order valence-corrected chi connectivity index (χ4v) is 7.68. The van der Waals surface area contributed by atoms with Crippen LogP contribution in [0.1, 0.15) is 42.1 Å². The summed E-state index contributed by atoms with van der Waals surface area (Å²) < 4.78 is 20.0. The number of fused-ring (bicyclic) bond motifs is 2. The Kier molecular flexibility index (Phi) is 10.2. The topological polar surface area (TPSA) is 79.1 Å². The molecule has 0 radical (unpaired) electrons. The first-order valence-electron chi connectivity index (χ1n) is 16.8. The van der Waals surface area contributed by atoms with E-state index in [4.69, 9.17) is 19.2 Å². The molecule has 5 aromatic carbocycles. The summed E-state index contributed by atoms with van der Waals surface area (Å²) in [6.07, 6.45) is 3.85. The second-order valence-corrected chi connectivity index (χ2v) is 13.7.